The lowest BCUT2D eigenvalue weighted by atomic mass is 10.3. The molecule has 1 aliphatic rings. The van der Waals surface area contributed by atoms with Crippen LogP contribution in [0.4, 0.5) is 4.39 Å². The number of carbonyl (C=O) groups is 2. The molecule has 0 aliphatic carbocycles. The standard InChI is InChI=1S/C10H9FN2O5S/c1-2-18-10(15)7(11)13-9(14)6-4-3-5-12-8(6)19(13,16)17/h3-5,7H,2H2,1H3. The van der Waals surface area contributed by atoms with Gasteiger partial charge in [0, 0.05) is 6.20 Å². The molecular weight excluding hydrogens is 279 g/mol. The van der Waals surface area contributed by atoms with Crippen LogP contribution in [0.1, 0.15) is 17.3 Å². The maximum Gasteiger partial charge on any atom is 0.363 e. The average Bonchev–Trinajstić information content (AvgIpc) is 2.57. The van der Waals surface area contributed by atoms with Gasteiger partial charge >= 0.3 is 5.97 Å². The fraction of sp³-hybridized carbons (Fsp3) is 0.300. The predicted octanol–water partition coefficient (Wildman–Crippen LogP) is 0.0848. The molecule has 7 nitrogen and oxygen atoms in total. The summed E-state index contributed by atoms with van der Waals surface area (Å²) in [5, 5.41) is -0.563. The number of alkyl halides is 1. The number of esters is 1. The Bertz CT molecular complexity index is 645. The van der Waals surface area contributed by atoms with Gasteiger partial charge in [0.1, 0.15) is 0 Å². The predicted molar refractivity (Wildman–Crippen MR) is 59.1 cm³/mol. The normalized spacial score (nSPS) is 18.0. The molecule has 1 unspecified atom stereocenters. The van der Waals surface area contributed by atoms with Gasteiger partial charge in [-0.05, 0) is 19.1 Å². The first-order valence-corrected chi connectivity index (χ1v) is 6.69. The molecule has 0 radical (unpaired) electrons. The Hall–Kier alpha value is -2.03. The van der Waals surface area contributed by atoms with Crippen LogP contribution in [0.5, 0.6) is 0 Å². The smallest absolute Gasteiger partial charge is 0.363 e. The molecule has 2 heterocycles. The van der Waals surface area contributed by atoms with Crippen molar-refractivity contribution in [3.8, 4) is 0 Å². The number of hydrogen-bond donors (Lipinski definition) is 0. The number of sulfonamides is 1. The van der Waals surface area contributed by atoms with Gasteiger partial charge in [-0.3, -0.25) is 4.79 Å². The first-order chi connectivity index (χ1) is 8.91. The molecule has 19 heavy (non-hydrogen) atoms. The van der Waals surface area contributed by atoms with Crippen LogP contribution in [0.25, 0.3) is 0 Å². The average molecular weight is 288 g/mol. The summed E-state index contributed by atoms with van der Waals surface area (Å²) in [5.41, 5.74) is -0.269. The highest BCUT2D eigenvalue weighted by Gasteiger charge is 2.49. The summed E-state index contributed by atoms with van der Waals surface area (Å²) < 4.78 is 41.9. The first-order valence-electron chi connectivity index (χ1n) is 5.25. The molecule has 1 amide bonds. The molecule has 0 fully saturated rings. The van der Waals surface area contributed by atoms with Gasteiger partial charge in [-0.15, -0.1) is 0 Å². The molecule has 0 aromatic carbocycles. The summed E-state index contributed by atoms with van der Waals surface area (Å²) in [6, 6.07) is 2.54. The van der Waals surface area contributed by atoms with E-state index < -0.39 is 33.2 Å². The van der Waals surface area contributed by atoms with Crippen molar-refractivity contribution < 1.29 is 27.1 Å². The van der Waals surface area contributed by atoms with E-state index in [4.69, 9.17) is 0 Å². The molecule has 1 aromatic rings. The lowest BCUT2D eigenvalue weighted by Gasteiger charge is -2.17. The van der Waals surface area contributed by atoms with Crippen molar-refractivity contribution in [3.05, 3.63) is 23.9 Å². The Balaban J connectivity index is 2.46. The van der Waals surface area contributed by atoms with Gasteiger partial charge in [0.25, 0.3) is 22.2 Å². The molecule has 1 aromatic heterocycles. The first kappa shape index (κ1) is 13.4. The third kappa shape index (κ3) is 1.95. The second-order valence-electron chi connectivity index (χ2n) is 3.55. The number of halogens is 1. The minimum absolute atomic E-state index is 0.132. The third-order valence-corrected chi connectivity index (χ3v) is 4.07. The largest absolute Gasteiger partial charge is 0.462 e. The Morgan fingerprint density at radius 3 is 2.84 bits per heavy atom. The summed E-state index contributed by atoms with van der Waals surface area (Å²) in [6.45, 7) is 1.30. The topological polar surface area (TPSA) is 93.6 Å². The maximum atomic E-state index is 13.8. The number of amides is 1. The van der Waals surface area contributed by atoms with Gasteiger partial charge in [0.15, 0.2) is 5.03 Å². The molecule has 0 bridgehead atoms. The Labute approximate surface area is 108 Å². The zero-order chi connectivity index (χ0) is 14.2. The zero-order valence-corrected chi connectivity index (χ0v) is 10.6. The highest BCUT2D eigenvalue weighted by Crippen LogP contribution is 2.30. The number of carbonyl (C=O) groups excluding carboxylic acids is 2. The van der Waals surface area contributed by atoms with E-state index in [-0.39, 0.29) is 16.5 Å². The molecule has 102 valence electrons. The molecule has 1 aliphatic heterocycles. The van der Waals surface area contributed by atoms with Crippen molar-refractivity contribution in [1.29, 1.82) is 0 Å². The second-order valence-corrected chi connectivity index (χ2v) is 5.28. The van der Waals surface area contributed by atoms with Crippen LogP contribution < -0.4 is 0 Å². The van der Waals surface area contributed by atoms with E-state index in [1.165, 1.54) is 19.1 Å². The van der Waals surface area contributed by atoms with Crippen molar-refractivity contribution >= 4 is 21.9 Å². The summed E-state index contributed by atoms with van der Waals surface area (Å²) in [5.74, 6) is -2.57. The van der Waals surface area contributed by atoms with Crippen LogP contribution in [0, 0.1) is 0 Å². The van der Waals surface area contributed by atoms with Crippen LogP contribution in [0.2, 0.25) is 0 Å². The lowest BCUT2D eigenvalue weighted by molar-refractivity contribution is -0.152. The van der Waals surface area contributed by atoms with Gasteiger partial charge < -0.3 is 4.74 Å². The summed E-state index contributed by atoms with van der Waals surface area (Å²) in [6.07, 6.45) is -1.56. The number of ether oxygens (including phenoxy) is 1. The van der Waals surface area contributed by atoms with E-state index in [0.717, 1.165) is 6.20 Å². The SMILES string of the molecule is CCOC(=O)C(F)N1C(=O)c2cccnc2S1(=O)=O. The second kappa shape index (κ2) is 4.57. The van der Waals surface area contributed by atoms with E-state index in [1.54, 1.807) is 0 Å². The van der Waals surface area contributed by atoms with E-state index in [1.807, 2.05) is 0 Å². The van der Waals surface area contributed by atoms with Gasteiger partial charge in [0.2, 0.25) is 0 Å². The lowest BCUT2D eigenvalue weighted by Crippen LogP contribution is -2.42. The van der Waals surface area contributed by atoms with E-state index >= 15 is 0 Å². The molecule has 0 N–H and O–H groups in total. The van der Waals surface area contributed by atoms with Crippen molar-refractivity contribution in [2.45, 2.75) is 18.2 Å². The number of nitrogens with zero attached hydrogens (tertiary/aromatic N) is 2. The molecule has 9 heteroatoms. The highest BCUT2D eigenvalue weighted by molar-refractivity contribution is 7.90. The number of fused-ring (bicyclic) bond motifs is 1. The molecule has 2 rings (SSSR count). The van der Waals surface area contributed by atoms with Crippen LogP contribution in [0.3, 0.4) is 0 Å². The van der Waals surface area contributed by atoms with Crippen LogP contribution >= 0.6 is 0 Å². The number of hydrogen-bond acceptors (Lipinski definition) is 6. The molecule has 0 saturated heterocycles. The monoisotopic (exact) mass is 288 g/mol. The van der Waals surface area contributed by atoms with Gasteiger partial charge in [-0.2, -0.15) is 12.7 Å². The summed E-state index contributed by atoms with van der Waals surface area (Å²) in [4.78, 5) is 26.6. The molecular formula is C10H9FN2O5S. The minimum atomic E-state index is -4.46. The van der Waals surface area contributed by atoms with Crippen LogP contribution in [0.15, 0.2) is 23.4 Å². The van der Waals surface area contributed by atoms with Gasteiger partial charge in [0.05, 0.1) is 12.2 Å². The van der Waals surface area contributed by atoms with E-state index in [0.29, 0.717) is 0 Å². The molecule has 0 saturated carbocycles. The molecule has 0 spiro atoms. The Morgan fingerprint density at radius 1 is 1.58 bits per heavy atom. The maximum absolute atomic E-state index is 13.8. The summed E-state index contributed by atoms with van der Waals surface area (Å²) in [7, 11) is -4.46. The minimum Gasteiger partial charge on any atom is -0.462 e. The summed E-state index contributed by atoms with van der Waals surface area (Å²) >= 11 is 0. The van der Waals surface area contributed by atoms with Crippen LogP contribution in [-0.4, -0.2) is 42.5 Å². The zero-order valence-electron chi connectivity index (χ0n) is 9.74. The van der Waals surface area contributed by atoms with Crippen LogP contribution in [-0.2, 0) is 19.6 Å². The van der Waals surface area contributed by atoms with Crippen molar-refractivity contribution in [3.63, 3.8) is 0 Å². The third-order valence-electron chi connectivity index (χ3n) is 2.39. The number of aromatic nitrogens is 1. The number of rotatable bonds is 3. The quantitative estimate of drug-likeness (QED) is 0.578. The highest BCUT2D eigenvalue weighted by atomic mass is 32.2. The van der Waals surface area contributed by atoms with Crippen molar-refractivity contribution in [2.24, 2.45) is 0 Å². The van der Waals surface area contributed by atoms with E-state index in [9.17, 15) is 22.4 Å². The van der Waals surface area contributed by atoms with E-state index in [2.05, 4.69) is 9.72 Å². The fourth-order valence-corrected chi connectivity index (χ4v) is 3.07. The van der Waals surface area contributed by atoms with Crippen molar-refractivity contribution in [2.75, 3.05) is 6.61 Å². The fourth-order valence-electron chi connectivity index (χ4n) is 1.61. The van der Waals surface area contributed by atoms with Gasteiger partial charge in [-0.25, -0.2) is 14.2 Å². The van der Waals surface area contributed by atoms with Gasteiger partial charge in [-0.1, -0.05) is 0 Å². The van der Waals surface area contributed by atoms with Crippen molar-refractivity contribution in [1.82, 2.24) is 9.29 Å². The Kier molecular flexibility index (Phi) is 3.23. The number of pyridine rings is 1. The Morgan fingerprint density at radius 2 is 2.26 bits per heavy atom. The molecule has 1 atom stereocenters.